The van der Waals surface area contributed by atoms with Gasteiger partial charge in [0.05, 0.1) is 31.7 Å². The summed E-state index contributed by atoms with van der Waals surface area (Å²) in [5.41, 5.74) is 8.64. The number of nitrogen functional groups attached to an aromatic ring is 1. The quantitative estimate of drug-likeness (QED) is 0.760. The monoisotopic (exact) mass is 389 g/mol. The lowest BCUT2D eigenvalue weighted by Gasteiger charge is -2.19. The summed E-state index contributed by atoms with van der Waals surface area (Å²) in [6.07, 6.45) is 1.30. The van der Waals surface area contributed by atoms with Crippen molar-refractivity contribution in [2.45, 2.75) is 25.8 Å². The minimum Gasteiger partial charge on any atom is -0.493 e. The van der Waals surface area contributed by atoms with Crippen LogP contribution < -0.4 is 10.5 Å². The molecule has 3 rings (SSSR count). The number of fused-ring (bicyclic) bond motifs is 1. The average Bonchev–Trinajstić information content (AvgIpc) is 3.02. The first kappa shape index (κ1) is 19.2. The number of nitrogens with two attached hydrogens (primary N) is 1. The van der Waals surface area contributed by atoms with Crippen molar-refractivity contribution < 1.29 is 19.1 Å². The Kier molecular flexibility index (Phi) is 5.95. The molecule has 1 aromatic heterocycles. The van der Waals surface area contributed by atoms with E-state index in [4.69, 9.17) is 15.2 Å². The van der Waals surface area contributed by atoms with E-state index >= 15 is 0 Å². The molecular formula is C19H23N3O4S. The molecule has 8 heteroatoms. The lowest BCUT2D eigenvalue weighted by Crippen LogP contribution is -2.32. The Bertz CT molecular complexity index is 836. The summed E-state index contributed by atoms with van der Waals surface area (Å²) in [5.74, 6) is -0.0529. The number of carbonyl (C=O) groups is 2. The fourth-order valence-electron chi connectivity index (χ4n) is 3.19. The third-order valence-corrected chi connectivity index (χ3v) is 5.34. The van der Waals surface area contributed by atoms with Crippen LogP contribution in [0.4, 0.5) is 5.13 Å². The van der Waals surface area contributed by atoms with Crippen LogP contribution in [-0.4, -0.2) is 42.5 Å². The Labute approximate surface area is 162 Å². The maximum atomic E-state index is 12.6. The lowest BCUT2D eigenvalue weighted by molar-refractivity contribution is -0.146. The van der Waals surface area contributed by atoms with Gasteiger partial charge >= 0.3 is 5.97 Å². The van der Waals surface area contributed by atoms with Gasteiger partial charge in [-0.15, -0.1) is 11.3 Å². The predicted octanol–water partition coefficient (Wildman–Crippen LogP) is 2.04. The largest absolute Gasteiger partial charge is 0.493 e. The Balaban J connectivity index is 1.68. The number of amides is 1. The number of hydrogen-bond acceptors (Lipinski definition) is 7. The molecule has 1 aliphatic rings. The van der Waals surface area contributed by atoms with Gasteiger partial charge in [0.1, 0.15) is 5.75 Å². The molecule has 2 N–H and O–H groups in total. The van der Waals surface area contributed by atoms with Crippen LogP contribution in [0.1, 0.15) is 23.2 Å². The number of ether oxygens (including phenoxy) is 2. The Hall–Kier alpha value is -2.61. The number of thiazole rings is 1. The molecule has 0 spiro atoms. The summed E-state index contributed by atoms with van der Waals surface area (Å²) in [6, 6.07) is 5.84. The maximum Gasteiger partial charge on any atom is 0.306 e. The molecule has 0 saturated heterocycles. The van der Waals surface area contributed by atoms with Crippen LogP contribution in [0.15, 0.2) is 23.6 Å². The summed E-state index contributed by atoms with van der Waals surface area (Å²) >= 11 is 1.42. The molecule has 27 heavy (non-hydrogen) atoms. The number of anilines is 1. The van der Waals surface area contributed by atoms with Crippen molar-refractivity contribution in [3.05, 3.63) is 40.4 Å². The van der Waals surface area contributed by atoms with Gasteiger partial charge in [0.2, 0.25) is 5.91 Å². The van der Waals surface area contributed by atoms with E-state index in [1.54, 1.807) is 11.9 Å². The molecule has 0 radical (unpaired) electrons. The molecule has 1 aromatic carbocycles. The first-order valence-corrected chi connectivity index (χ1v) is 9.60. The summed E-state index contributed by atoms with van der Waals surface area (Å²) in [6.45, 7) is 0.993. The van der Waals surface area contributed by atoms with E-state index in [-0.39, 0.29) is 18.3 Å². The fourth-order valence-corrected chi connectivity index (χ4v) is 3.79. The smallest absolute Gasteiger partial charge is 0.306 e. The zero-order valence-electron chi connectivity index (χ0n) is 15.4. The number of hydrogen-bond donors (Lipinski definition) is 1. The van der Waals surface area contributed by atoms with Crippen molar-refractivity contribution in [1.29, 1.82) is 0 Å². The van der Waals surface area contributed by atoms with Gasteiger partial charge in [-0.2, -0.15) is 0 Å². The molecule has 7 nitrogen and oxygen atoms in total. The topological polar surface area (TPSA) is 94.8 Å². The molecule has 2 heterocycles. The summed E-state index contributed by atoms with van der Waals surface area (Å²) in [5, 5.41) is 2.49. The van der Waals surface area contributed by atoms with Crippen LogP contribution in [0.3, 0.4) is 0 Å². The molecule has 1 unspecified atom stereocenters. The van der Waals surface area contributed by atoms with Crippen molar-refractivity contribution in [1.82, 2.24) is 9.88 Å². The van der Waals surface area contributed by atoms with E-state index in [0.29, 0.717) is 31.1 Å². The number of nitrogens with zero attached hydrogens (tertiary/aromatic N) is 2. The van der Waals surface area contributed by atoms with Gasteiger partial charge in [-0.1, -0.05) is 6.07 Å². The van der Waals surface area contributed by atoms with Gasteiger partial charge in [0.15, 0.2) is 5.13 Å². The third-order valence-electron chi connectivity index (χ3n) is 4.61. The molecule has 0 bridgehead atoms. The Morgan fingerprint density at radius 3 is 2.93 bits per heavy atom. The molecular weight excluding hydrogens is 366 g/mol. The summed E-state index contributed by atoms with van der Waals surface area (Å²) in [7, 11) is 3.09. The lowest BCUT2D eigenvalue weighted by atomic mass is 9.94. The standard InChI is InChI=1S/C19H23N3O4S/c1-22-10-14-8-16(26-6-5-15-11-27-19(20)21-15)4-3-12(14)7-13(18(22)24)9-17(23)25-2/h3-4,8,11,13H,5-7,9-10H2,1-2H3,(H2,20,21). The Morgan fingerprint density at radius 2 is 2.22 bits per heavy atom. The van der Waals surface area contributed by atoms with E-state index in [0.717, 1.165) is 22.6 Å². The molecule has 1 amide bonds. The summed E-state index contributed by atoms with van der Waals surface area (Å²) < 4.78 is 10.6. The van der Waals surface area contributed by atoms with E-state index in [1.807, 2.05) is 23.6 Å². The minimum atomic E-state index is -0.398. The SMILES string of the molecule is COC(=O)CC1Cc2ccc(OCCc3csc(N)n3)cc2CN(C)C1=O. The van der Waals surface area contributed by atoms with Crippen LogP contribution in [0.5, 0.6) is 5.75 Å². The van der Waals surface area contributed by atoms with Gasteiger partial charge < -0.3 is 20.1 Å². The maximum absolute atomic E-state index is 12.6. The summed E-state index contributed by atoms with van der Waals surface area (Å²) in [4.78, 5) is 30.0. The highest BCUT2D eigenvalue weighted by Gasteiger charge is 2.29. The molecule has 0 aliphatic carbocycles. The van der Waals surface area contributed by atoms with Gasteiger partial charge in [0.25, 0.3) is 0 Å². The van der Waals surface area contributed by atoms with Crippen LogP contribution in [-0.2, 0) is 33.7 Å². The van der Waals surface area contributed by atoms with Crippen LogP contribution in [0.2, 0.25) is 0 Å². The number of carbonyl (C=O) groups excluding carboxylic acids is 2. The first-order valence-electron chi connectivity index (χ1n) is 8.72. The zero-order valence-corrected chi connectivity index (χ0v) is 16.3. The number of esters is 1. The number of aromatic nitrogens is 1. The number of benzene rings is 1. The molecule has 2 aromatic rings. The normalized spacial score (nSPS) is 16.6. The Morgan fingerprint density at radius 1 is 1.41 bits per heavy atom. The van der Waals surface area contributed by atoms with Crippen molar-refractivity contribution in [2.75, 3.05) is 26.5 Å². The van der Waals surface area contributed by atoms with E-state index in [2.05, 4.69) is 4.98 Å². The molecule has 0 saturated carbocycles. The van der Waals surface area contributed by atoms with Gasteiger partial charge in [-0.3, -0.25) is 9.59 Å². The second-order valence-electron chi connectivity index (χ2n) is 6.58. The first-order chi connectivity index (χ1) is 13.0. The molecule has 144 valence electrons. The predicted molar refractivity (Wildman–Crippen MR) is 102 cm³/mol. The van der Waals surface area contributed by atoms with Crippen molar-refractivity contribution in [3.8, 4) is 5.75 Å². The van der Waals surface area contributed by atoms with Gasteiger partial charge in [0, 0.05) is 25.4 Å². The average molecular weight is 389 g/mol. The molecule has 1 atom stereocenters. The van der Waals surface area contributed by atoms with Gasteiger partial charge in [-0.25, -0.2) is 4.98 Å². The van der Waals surface area contributed by atoms with Crippen molar-refractivity contribution in [2.24, 2.45) is 5.92 Å². The fraction of sp³-hybridized carbons (Fsp3) is 0.421. The van der Waals surface area contributed by atoms with Gasteiger partial charge in [-0.05, 0) is 29.7 Å². The molecule has 0 fully saturated rings. The van der Waals surface area contributed by atoms with Crippen LogP contribution in [0, 0.1) is 5.92 Å². The molecule has 1 aliphatic heterocycles. The second kappa shape index (κ2) is 8.39. The second-order valence-corrected chi connectivity index (χ2v) is 7.47. The van der Waals surface area contributed by atoms with E-state index in [9.17, 15) is 9.59 Å². The minimum absolute atomic E-state index is 0.0415. The highest BCUT2D eigenvalue weighted by molar-refractivity contribution is 7.13. The van der Waals surface area contributed by atoms with E-state index in [1.165, 1.54) is 18.4 Å². The highest BCUT2D eigenvalue weighted by atomic mass is 32.1. The van der Waals surface area contributed by atoms with Crippen LogP contribution in [0.25, 0.3) is 0 Å². The van der Waals surface area contributed by atoms with Crippen molar-refractivity contribution >= 4 is 28.3 Å². The zero-order chi connectivity index (χ0) is 19.4. The van der Waals surface area contributed by atoms with Crippen LogP contribution >= 0.6 is 11.3 Å². The highest BCUT2D eigenvalue weighted by Crippen LogP contribution is 2.27. The van der Waals surface area contributed by atoms with E-state index < -0.39 is 5.92 Å². The third kappa shape index (κ3) is 4.77. The number of rotatable bonds is 6. The number of methoxy groups -OCH3 is 1. The van der Waals surface area contributed by atoms with Crippen molar-refractivity contribution in [3.63, 3.8) is 0 Å².